The lowest BCUT2D eigenvalue weighted by Gasteiger charge is -2.14. The van der Waals surface area contributed by atoms with Crippen molar-refractivity contribution in [2.45, 2.75) is 25.7 Å². The van der Waals surface area contributed by atoms with Gasteiger partial charge in [-0.3, -0.25) is 9.59 Å². The van der Waals surface area contributed by atoms with Gasteiger partial charge < -0.3 is 5.11 Å². The van der Waals surface area contributed by atoms with Crippen LogP contribution in [-0.2, 0) is 9.59 Å². The second kappa shape index (κ2) is 4.04. The van der Waals surface area contributed by atoms with Gasteiger partial charge in [0.05, 0.1) is 0 Å². The van der Waals surface area contributed by atoms with Gasteiger partial charge in [-0.1, -0.05) is 12.2 Å². The first-order chi connectivity index (χ1) is 5.70. The van der Waals surface area contributed by atoms with Crippen LogP contribution in [0.1, 0.15) is 25.7 Å². The molecule has 0 spiro atoms. The first-order valence-electron chi connectivity index (χ1n) is 4.09. The Bertz CT molecular complexity index is 218. The molecule has 1 aliphatic carbocycles. The molecule has 1 atom stereocenters. The summed E-state index contributed by atoms with van der Waals surface area (Å²) in [6.45, 7) is 0. The minimum absolute atomic E-state index is 0.0499. The lowest BCUT2D eigenvalue weighted by atomic mass is 9.89. The molecule has 0 aromatic carbocycles. The molecule has 3 nitrogen and oxygen atoms in total. The number of hydrogen-bond acceptors (Lipinski definition) is 2. The highest BCUT2D eigenvalue weighted by Crippen LogP contribution is 2.19. The molecule has 0 aromatic heterocycles. The Hall–Kier alpha value is -1.12. The number of hydrogen-bond donors (Lipinski definition) is 1. The van der Waals surface area contributed by atoms with E-state index in [2.05, 4.69) is 0 Å². The topological polar surface area (TPSA) is 54.4 Å². The van der Waals surface area contributed by atoms with E-state index < -0.39 is 5.97 Å². The van der Waals surface area contributed by atoms with Crippen LogP contribution in [0.3, 0.4) is 0 Å². The van der Waals surface area contributed by atoms with Crippen molar-refractivity contribution in [1.82, 2.24) is 0 Å². The normalized spacial score (nSPS) is 22.2. The Morgan fingerprint density at radius 1 is 1.42 bits per heavy atom. The smallest absolute Gasteiger partial charge is 0.310 e. The van der Waals surface area contributed by atoms with Gasteiger partial charge >= 0.3 is 5.97 Å². The number of ketones is 1. The molecule has 0 aromatic rings. The van der Waals surface area contributed by atoms with Crippen LogP contribution in [0.15, 0.2) is 12.2 Å². The molecule has 0 amide bonds. The maximum atomic E-state index is 11.2. The Balaban J connectivity index is 2.41. The molecular weight excluding hydrogens is 156 g/mol. The van der Waals surface area contributed by atoms with Crippen molar-refractivity contribution in [2.75, 3.05) is 0 Å². The summed E-state index contributed by atoms with van der Waals surface area (Å²) in [5.41, 5.74) is 0. The highest BCUT2D eigenvalue weighted by Gasteiger charge is 2.20. The van der Waals surface area contributed by atoms with E-state index in [0.717, 1.165) is 12.8 Å². The fraction of sp³-hybridized carbons (Fsp3) is 0.556. The number of allylic oxidation sites excluding steroid dienone is 2. The fourth-order valence-corrected chi connectivity index (χ4v) is 1.38. The zero-order valence-electron chi connectivity index (χ0n) is 6.82. The molecule has 0 radical (unpaired) electrons. The van der Waals surface area contributed by atoms with E-state index in [-0.39, 0.29) is 18.1 Å². The van der Waals surface area contributed by atoms with Crippen molar-refractivity contribution in [2.24, 2.45) is 5.92 Å². The van der Waals surface area contributed by atoms with Gasteiger partial charge in [0.15, 0.2) is 0 Å². The van der Waals surface area contributed by atoms with Crippen LogP contribution in [-0.4, -0.2) is 16.9 Å². The van der Waals surface area contributed by atoms with Gasteiger partial charge in [-0.2, -0.15) is 0 Å². The Morgan fingerprint density at radius 2 is 2.17 bits per heavy atom. The lowest BCUT2D eigenvalue weighted by Crippen LogP contribution is -2.18. The van der Waals surface area contributed by atoms with E-state index in [9.17, 15) is 9.59 Å². The van der Waals surface area contributed by atoms with Crippen LogP contribution >= 0.6 is 0 Å². The molecular formula is C9H12O3. The summed E-state index contributed by atoms with van der Waals surface area (Å²) < 4.78 is 0. The quantitative estimate of drug-likeness (QED) is 0.511. The van der Waals surface area contributed by atoms with Gasteiger partial charge in [0.25, 0.3) is 0 Å². The van der Waals surface area contributed by atoms with Gasteiger partial charge in [-0.05, 0) is 19.3 Å². The number of carbonyl (C=O) groups excluding carboxylic acids is 1. The lowest BCUT2D eigenvalue weighted by molar-refractivity contribution is -0.141. The monoisotopic (exact) mass is 168 g/mol. The molecule has 0 saturated carbocycles. The molecule has 0 heterocycles. The van der Waals surface area contributed by atoms with Crippen molar-refractivity contribution in [3.05, 3.63) is 12.2 Å². The van der Waals surface area contributed by atoms with Crippen LogP contribution in [0.2, 0.25) is 0 Å². The number of rotatable bonds is 3. The average Bonchev–Trinajstić information content (AvgIpc) is 2.05. The van der Waals surface area contributed by atoms with E-state index in [1.807, 2.05) is 12.2 Å². The third-order valence-electron chi connectivity index (χ3n) is 2.05. The van der Waals surface area contributed by atoms with Crippen LogP contribution in [0.5, 0.6) is 0 Å². The van der Waals surface area contributed by atoms with E-state index in [1.54, 1.807) is 0 Å². The predicted molar refractivity (Wildman–Crippen MR) is 43.7 cm³/mol. The summed E-state index contributed by atoms with van der Waals surface area (Å²) in [6.07, 6.45) is 6.09. The van der Waals surface area contributed by atoms with Crippen LogP contribution in [0.25, 0.3) is 0 Å². The van der Waals surface area contributed by atoms with Crippen LogP contribution < -0.4 is 0 Å². The van der Waals surface area contributed by atoms with Gasteiger partial charge in [-0.25, -0.2) is 0 Å². The van der Waals surface area contributed by atoms with Crippen molar-refractivity contribution in [3.8, 4) is 0 Å². The number of aliphatic carboxylic acids is 1. The van der Waals surface area contributed by atoms with Crippen molar-refractivity contribution in [3.63, 3.8) is 0 Å². The second-order valence-corrected chi connectivity index (χ2v) is 3.02. The zero-order valence-corrected chi connectivity index (χ0v) is 6.82. The highest BCUT2D eigenvalue weighted by atomic mass is 16.4. The molecule has 0 aliphatic heterocycles. The molecule has 12 heavy (non-hydrogen) atoms. The van der Waals surface area contributed by atoms with Crippen LogP contribution in [0, 0.1) is 5.92 Å². The number of carboxylic acid groups (broad SMARTS) is 1. The molecule has 1 unspecified atom stereocenters. The maximum absolute atomic E-state index is 11.2. The molecule has 1 aliphatic rings. The summed E-state index contributed by atoms with van der Waals surface area (Å²) in [4.78, 5) is 21.4. The third-order valence-corrected chi connectivity index (χ3v) is 2.05. The van der Waals surface area contributed by atoms with Gasteiger partial charge in [0.2, 0.25) is 0 Å². The molecule has 0 bridgehead atoms. The summed E-state index contributed by atoms with van der Waals surface area (Å²) in [5.74, 6) is -1.20. The zero-order chi connectivity index (χ0) is 8.97. The molecule has 1 N–H and O–H groups in total. The maximum Gasteiger partial charge on any atom is 0.310 e. The average molecular weight is 168 g/mol. The number of carboxylic acids is 1. The fourth-order valence-electron chi connectivity index (χ4n) is 1.38. The van der Waals surface area contributed by atoms with Crippen molar-refractivity contribution >= 4 is 11.8 Å². The SMILES string of the molecule is O=C(O)CC(=O)C1CC=CCC1. The first-order valence-corrected chi connectivity index (χ1v) is 4.09. The molecule has 0 fully saturated rings. The van der Waals surface area contributed by atoms with Crippen molar-refractivity contribution in [1.29, 1.82) is 0 Å². The summed E-state index contributed by atoms with van der Waals surface area (Å²) in [5, 5.41) is 8.38. The predicted octanol–water partition coefficient (Wildman–Crippen LogP) is 1.39. The van der Waals surface area contributed by atoms with E-state index in [4.69, 9.17) is 5.11 Å². The van der Waals surface area contributed by atoms with E-state index in [0.29, 0.717) is 6.42 Å². The van der Waals surface area contributed by atoms with E-state index in [1.165, 1.54) is 0 Å². The first kappa shape index (κ1) is 8.97. The molecule has 3 heteroatoms. The summed E-state index contributed by atoms with van der Waals surface area (Å²) in [6, 6.07) is 0. The number of Topliss-reactive ketones (excluding diaryl/α,β-unsaturated/α-hetero) is 1. The third kappa shape index (κ3) is 2.49. The molecule has 0 saturated heterocycles. The van der Waals surface area contributed by atoms with Gasteiger partial charge in [0, 0.05) is 5.92 Å². The summed E-state index contributed by atoms with van der Waals surface area (Å²) >= 11 is 0. The van der Waals surface area contributed by atoms with Gasteiger partial charge in [0.1, 0.15) is 12.2 Å². The van der Waals surface area contributed by atoms with Gasteiger partial charge in [-0.15, -0.1) is 0 Å². The largest absolute Gasteiger partial charge is 0.481 e. The molecule has 1 rings (SSSR count). The van der Waals surface area contributed by atoms with E-state index >= 15 is 0 Å². The Kier molecular flexibility index (Phi) is 3.02. The Labute approximate surface area is 71.1 Å². The van der Waals surface area contributed by atoms with Crippen LogP contribution in [0.4, 0.5) is 0 Å². The standard InChI is InChI=1S/C9H12O3/c10-8(6-9(11)12)7-4-2-1-3-5-7/h1-2,7H,3-6H2,(H,11,12). The van der Waals surface area contributed by atoms with Crippen molar-refractivity contribution < 1.29 is 14.7 Å². The summed E-state index contributed by atoms with van der Waals surface area (Å²) in [7, 11) is 0. The molecule has 66 valence electrons. The highest BCUT2D eigenvalue weighted by molar-refractivity contribution is 5.96. The minimum atomic E-state index is -1.02. The number of carbonyl (C=O) groups is 2. The Morgan fingerprint density at radius 3 is 2.67 bits per heavy atom. The minimum Gasteiger partial charge on any atom is -0.481 e. The second-order valence-electron chi connectivity index (χ2n) is 3.02.